The van der Waals surface area contributed by atoms with Crippen LogP contribution in [0, 0.1) is 0 Å². The molecule has 5 heteroatoms. The topological polar surface area (TPSA) is 59.4 Å². The van der Waals surface area contributed by atoms with Crippen molar-refractivity contribution in [1.82, 2.24) is 24.7 Å². The van der Waals surface area contributed by atoms with Gasteiger partial charge in [0.05, 0.1) is 11.9 Å². The van der Waals surface area contributed by atoms with Crippen LogP contribution in [0.15, 0.2) is 31.0 Å². The van der Waals surface area contributed by atoms with E-state index in [0.29, 0.717) is 6.04 Å². The lowest BCUT2D eigenvalue weighted by molar-refractivity contribution is 0.455. The Hall–Kier alpha value is -2.17. The molecule has 0 bridgehead atoms. The van der Waals surface area contributed by atoms with E-state index in [4.69, 9.17) is 0 Å². The molecule has 19 heavy (non-hydrogen) atoms. The first-order valence-electron chi connectivity index (χ1n) is 6.62. The van der Waals surface area contributed by atoms with Crippen molar-refractivity contribution in [2.24, 2.45) is 0 Å². The smallest absolute Gasteiger partial charge is 0.141 e. The molecule has 0 spiro atoms. The fourth-order valence-corrected chi connectivity index (χ4v) is 2.35. The average molecular weight is 255 g/mol. The molecule has 0 saturated heterocycles. The van der Waals surface area contributed by atoms with Gasteiger partial charge in [-0.15, -0.1) is 0 Å². The lowest BCUT2D eigenvalue weighted by Gasteiger charge is -2.09. The van der Waals surface area contributed by atoms with Crippen LogP contribution in [0.3, 0.4) is 0 Å². The molecule has 0 aliphatic rings. The molecule has 98 valence electrons. The van der Waals surface area contributed by atoms with Gasteiger partial charge in [-0.25, -0.2) is 9.97 Å². The first-order chi connectivity index (χ1) is 9.29. The second kappa shape index (κ2) is 4.84. The highest BCUT2D eigenvalue weighted by Gasteiger charge is 2.11. The highest BCUT2D eigenvalue weighted by molar-refractivity contribution is 5.89. The van der Waals surface area contributed by atoms with Crippen molar-refractivity contribution >= 4 is 11.0 Å². The van der Waals surface area contributed by atoms with Gasteiger partial charge in [0.25, 0.3) is 0 Å². The van der Waals surface area contributed by atoms with E-state index in [1.807, 2.05) is 23.1 Å². The number of hydrogen-bond acceptors (Lipinski definition) is 3. The van der Waals surface area contributed by atoms with Crippen LogP contribution in [0.2, 0.25) is 0 Å². The summed E-state index contributed by atoms with van der Waals surface area (Å²) >= 11 is 0. The molecule has 1 atom stereocenters. The Bertz CT molecular complexity index is 682. The van der Waals surface area contributed by atoms with E-state index < -0.39 is 0 Å². The number of aromatic amines is 1. The molecule has 0 aromatic carbocycles. The molecule has 3 rings (SSSR count). The number of aromatic nitrogens is 5. The number of rotatable bonds is 4. The summed E-state index contributed by atoms with van der Waals surface area (Å²) < 4.78 is 2.01. The number of H-pyrrole nitrogens is 1. The fraction of sp³-hybridized carbons (Fsp3) is 0.357. The van der Waals surface area contributed by atoms with Crippen molar-refractivity contribution < 1.29 is 0 Å². The quantitative estimate of drug-likeness (QED) is 0.779. The van der Waals surface area contributed by atoms with E-state index in [-0.39, 0.29) is 0 Å². The van der Waals surface area contributed by atoms with Crippen molar-refractivity contribution in [2.75, 3.05) is 0 Å². The van der Waals surface area contributed by atoms with Gasteiger partial charge in [-0.2, -0.15) is 5.10 Å². The fourth-order valence-electron chi connectivity index (χ4n) is 2.35. The van der Waals surface area contributed by atoms with E-state index in [2.05, 4.69) is 40.1 Å². The minimum absolute atomic E-state index is 0.419. The van der Waals surface area contributed by atoms with E-state index in [9.17, 15) is 0 Å². The van der Waals surface area contributed by atoms with Gasteiger partial charge in [-0.05, 0) is 19.4 Å². The Labute approximate surface area is 111 Å². The summed E-state index contributed by atoms with van der Waals surface area (Å²) in [7, 11) is 0. The van der Waals surface area contributed by atoms with Gasteiger partial charge in [-0.3, -0.25) is 4.68 Å². The Balaban J connectivity index is 2.00. The minimum atomic E-state index is 0.419. The van der Waals surface area contributed by atoms with Crippen LogP contribution < -0.4 is 0 Å². The van der Waals surface area contributed by atoms with Gasteiger partial charge in [0.1, 0.15) is 12.0 Å². The van der Waals surface area contributed by atoms with Crippen LogP contribution >= 0.6 is 0 Å². The number of nitrogens with zero attached hydrogens (tertiary/aromatic N) is 4. The third-order valence-corrected chi connectivity index (χ3v) is 3.39. The minimum Gasteiger partial charge on any atom is -0.346 e. The Morgan fingerprint density at radius 2 is 2.26 bits per heavy atom. The average Bonchev–Trinajstić information content (AvgIpc) is 3.07. The lowest BCUT2D eigenvalue weighted by Crippen LogP contribution is -2.04. The second-order valence-corrected chi connectivity index (χ2v) is 4.81. The Morgan fingerprint density at radius 3 is 3.11 bits per heavy atom. The largest absolute Gasteiger partial charge is 0.346 e. The van der Waals surface area contributed by atoms with Crippen LogP contribution in [0.1, 0.15) is 32.7 Å². The maximum Gasteiger partial charge on any atom is 0.141 e. The number of hydrogen-bond donors (Lipinski definition) is 1. The SMILES string of the molecule is CCC[C@@H](C)n1cc(-c2ncnc3[nH]ccc23)cn1. The third kappa shape index (κ3) is 2.12. The molecule has 0 radical (unpaired) electrons. The van der Waals surface area contributed by atoms with Crippen LogP contribution in [0.4, 0.5) is 0 Å². The summed E-state index contributed by atoms with van der Waals surface area (Å²) in [5.74, 6) is 0. The van der Waals surface area contributed by atoms with Crippen molar-refractivity contribution in [3.05, 3.63) is 31.0 Å². The highest BCUT2D eigenvalue weighted by atomic mass is 15.3. The highest BCUT2D eigenvalue weighted by Crippen LogP contribution is 2.25. The van der Waals surface area contributed by atoms with Crippen molar-refractivity contribution in [1.29, 1.82) is 0 Å². The van der Waals surface area contributed by atoms with Gasteiger partial charge in [0.15, 0.2) is 0 Å². The molecule has 3 aromatic heterocycles. The summed E-state index contributed by atoms with van der Waals surface area (Å²) in [5.41, 5.74) is 2.83. The van der Waals surface area contributed by atoms with Crippen LogP contribution in [0.5, 0.6) is 0 Å². The molecule has 0 aliphatic carbocycles. The molecule has 5 nitrogen and oxygen atoms in total. The molecule has 3 aromatic rings. The number of fused-ring (bicyclic) bond motifs is 1. The summed E-state index contributed by atoms with van der Waals surface area (Å²) in [4.78, 5) is 11.7. The van der Waals surface area contributed by atoms with Crippen LogP contribution in [-0.4, -0.2) is 24.7 Å². The van der Waals surface area contributed by atoms with Gasteiger partial charge in [0.2, 0.25) is 0 Å². The van der Waals surface area contributed by atoms with Gasteiger partial charge < -0.3 is 4.98 Å². The molecule has 1 N–H and O–H groups in total. The van der Waals surface area contributed by atoms with E-state index in [0.717, 1.165) is 35.1 Å². The van der Waals surface area contributed by atoms with Gasteiger partial charge >= 0.3 is 0 Å². The maximum absolute atomic E-state index is 4.45. The summed E-state index contributed by atoms with van der Waals surface area (Å²) in [6.45, 7) is 4.38. The lowest BCUT2D eigenvalue weighted by atomic mass is 10.2. The van der Waals surface area contributed by atoms with E-state index in [1.165, 1.54) is 0 Å². The molecule has 3 heterocycles. The zero-order chi connectivity index (χ0) is 13.2. The summed E-state index contributed by atoms with van der Waals surface area (Å²) in [6.07, 6.45) is 9.69. The molecule has 0 saturated carbocycles. The van der Waals surface area contributed by atoms with Crippen molar-refractivity contribution in [2.45, 2.75) is 32.7 Å². The zero-order valence-electron chi connectivity index (χ0n) is 11.2. The predicted octanol–water partition coefficient (Wildman–Crippen LogP) is 3.18. The van der Waals surface area contributed by atoms with Crippen molar-refractivity contribution in [3.63, 3.8) is 0 Å². The first-order valence-corrected chi connectivity index (χ1v) is 6.62. The number of nitrogens with one attached hydrogen (secondary N) is 1. The normalized spacial score (nSPS) is 12.9. The second-order valence-electron chi connectivity index (χ2n) is 4.81. The molecule has 0 fully saturated rings. The predicted molar refractivity (Wildman–Crippen MR) is 74.7 cm³/mol. The molecule has 0 aliphatic heterocycles. The molecule has 0 unspecified atom stereocenters. The third-order valence-electron chi connectivity index (χ3n) is 3.39. The van der Waals surface area contributed by atoms with Gasteiger partial charge in [-0.1, -0.05) is 13.3 Å². The maximum atomic E-state index is 4.45. The summed E-state index contributed by atoms with van der Waals surface area (Å²) in [6, 6.07) is 2.42. The first kappa shape index (κ1) is 11.9. The van der Waals surface area contributed by atoms with Gasteiger partial charge in [0, 0.05) is 29.4 Å². The monoisotopic (exact) mass is 255 g/mol. The standard InChI is InChI=1S/C14H17N5/c1-3-4-10(2)19-8-11(7-18-19)13-12-5-6-15-14(12)17-9-16-13/h5-10H,3-4H2,1-2H3,(H,15,16,17)/t10-/m1/s1. The summed E-state index contributed by atoms with van der Waals surface area (Å²) in [5, 5.41) is 5.48. The molecular weight excluding hydrogens is 238 g/mol. The van der Waals surface area contributed by atoms with Crippen LogP contribution in [0.25, 0.3) is 22.3 Å². The van der Waals surface area contributed by atoms with Crippen LogP contribution in [-0.2, 0) is 0 Å². The Morgan fingerprint density at radius 1 is 1.37 bits per heavy atom. The molecular formula is C14H17N5. The zero-order valence-corrected chi connectivity index (χ0v) is 11.2. The van der Waals surface area contributed by atoms with E-state index in [1.54, 1.807) is 6.33 Å². The molecule has 0 amide bonds. The Kier molecular flexibility index (Phi) is 3.03. The van der Waals surface area contributed by atoms with E-state index >= 15 is 0 Å². The van der Waals surface area contributed by atoms with Crippen molar-refractivity contribution in [3.8, 4) is 11.3 Å².